The molecule has 0 radical (unpaired) electrons. The molecule has 13 heavy (non-hydrogen) atoms. The summed E-state index contributed by atoms with van der Waals surface area (Å²) >= 11 is 0. The first-order chi connectivity index (χ1) is 5.81. The van der Waals surface area contributed by atoms with E-state index in [2.05, 4.69) is 6.58 Å². The van der Waals surface area contributed by atoms with Crippen LogP contribution in [0.5, 0.6) is 0 Å². The minimum Gasteiger partial charge on any atom is -0.465 e. The van der Waals surface area contributed by atoms with Gasteiger partial charge in [0, 0.05) is 6.42 Å². The number of esters is 1. The van der Waals surface area contributed by atoms with Crippen molar-refractivity contribution in [2.75, 3.05) is 6.61 Å². The first-order valence-corrected chi connectivity index (χ1v) is 4.61. The molecule has 2 nitrogen and oxygen atoms in total. The molecule has 0 saturated heterocycles. The molecule has 0 spiro atoms. The van der Waals surface area contributed by atoms with E-state index in [0.717, 1.165) is 12.0 Å². The number of carbonyl (C=O) groups excluding carboxylic acids is 1. The van der Waals surface area contributed by atoms with Crippen LogP contribution in [0.15, 0.2) is 12.2 Å². The van der Waals surface area contributed by atoms with E-state index >= 15 is 0 Å². The Morgan fingerprint density at radius 1 is 1.38 bits per heavy atom. The van der Waals surface area contributed by atoms with Gasteiger partial charge in [-0.05, 0) is 12.3 Å². The maximum Gasteiger partial charge on any atom is 0.306 e. The summed E-state index contributed by atoms with van der Waals surface area (Å²) in [5, 5.41) is 0. The van der Waals surface area contributed by atoms with E-state index < -0.39 is 0 Å². The molecule has 0 unspecified atom stereocenters. The van der Waals surface area contributed by atoms with Crippen LogP contribution in [0.3, 0.4) is 0 Å². The molecular formula is C11H20O2. The monoisotopic (exact) mass is 184 g/mol. The average Bonchev–Trinajstić information content (AvgIpc) is 1.81. The van der Waals surface area contributed by atoms with E-state index in [0.29, 0.717) is 13.0 Å². The molecule has 0 aromatic rings. The molecule has 0 aliphatic rings. The molecule has 0 N–H and O–H groups in total. The van der Waals surface area contributed by atoms with Crippen molar-refractivity contribution in [2.24, 2.45) is 5.41 Å². The summed E-state index contributed by atoms with van der Waals surface area (Å²) in [6.07, 6.45) is 1.24. The Bertz CT molecular complexity index is 187. The maximum absolute atomic E-state index is 11.2. The summed E-state index contributed by atoms with van der Waals surface area (Å²) in [5.41, 5.74) is 1.06. The molecule has 0 aliphatic carbocycles. The molecule has 76 valence electrons. The summed E-state index contributed by atoms with van der Waals surface area (Å²) in [6, 6.07) is 0. The van der Waals surface area contributed by atoms with E-state index in [9.17, 15) is 4.79 Å². The molecule has 0 aliphatic heterocycles. The van der Waals surface area contributed by atoms with Gasteiger partial charge in [-0.1, -0.05) is 26.3 Å². The van der Waals surface area contributed by atoms with Crippen molar-refractivity contribution < 1.29 is 9.53 Å². The van der Waals surface area contributed by atoms with Crippen LogP contribution in [0.2, 0.25) is 0 Å². The van der Waals surface area contributed by atoms with E-state index in [-0.39, 0.29) is 11.4 Å². The Morgan fingerprint density at radius 3 is 2.31 bits per heavy atom. The first-order valence-electron chi connectivity index (χ1n) is 4.61. The van der Waals surface area contributed by atoms with Crippen LogP contribution < -0.4 is 0 Å². The number of ether oxygens (including phenoxy) is 1. The second kappa shape index (κ2) is 5.05. The summed E-state index contributed by atoms with van der Waals surface area (Å²) < 4.78 is 5.03. The van der Waals surface area contributed by atoms with Crippen molar-refractivity contribution in [1.82, 2.24) is 0 Å². The van der Waals surface area contributed by atoms with Crippen molar-refractivity contribution in [3.8, 4) is 0 Å². The molecule has 0 aromatic carbocycles. The van der Waals surface area contributed by atoms with Crippen molar-refractivity contribution in [3.05, 3.63) is 12.2 Å². The van der Waals surface area contributed by atoms with Gasteiger partial charge in [0.2, 0.25) is 0 Å². The van der Waals surface area contributed by atoms with E-state index in [1.54, 1.807) is 0 Å². The van der Waals surface area contributed by atoms with Gasteiger partial charge in [0.25, 0.3) is 0 Å². The Morgan fingerprint density at radius 2 is 1.92 bits per heavy atom. The van der Waals surface area contributed by atoms with Gasteiger partial charge in [-0.2, -0.15) is 0 Å². The third-order valence-electron chi connectivity index (χ3n) is 1.47. The van der Waals surface area contributed by atoms with Crippen molar-refractivity contribution >= 4 is 5.97 Å². The molecular weight excluding hydrogens is 164 g/mol. The fourth-order valence-corrected chi connectivity index (χ4v) is 0.823. The van der Waals surface area contributed by atoms with Crippen LogP contribution >= 0.6 is 0 Å². The van der Waals surface area contributed by atoms with Gasteiger partial charge in [-0.15, -0.1) is 6.58 Å². The maximum atomic E-state index is 11.2. The van der Waals surface area contributed by atoms with Gasteiger partial charge in [0.15, 0.2) is 0 Å². The SMILES string of the molecule is C=C(C)CCOC(=O)CC(C)(C)C. The summed E-state index contributed by atoms with van der Waals surface area (Å²) in [5.74, 6) is -0.117. The largest absolute Gasteiger partial charge is 0.465 e. The lowest BCUT2D eigenvalue weighted by Gasteiger charge is -2.16. The van der Waals surface area contributed by atoms with Crippen LogP contribution in [0.4, 0.5) is 0 Å². The number of rotatable bonds is 4. The first kappa shape index (κ1) is 12.2. The molecule has 0 fully saturated rings. The lowest BCUT2D eigenvalue weighted by Crippen LogP contribution is -2.15. The quantitative estimate of drug-likeness (QED) is 0.496. The van der Waals surface area contributed by atoms with Crippen LogP contribution in [-0.2, 0) is 9.53 Å². The zero-order valence-electron chi connectivity index (χ0n) is 9.14. The summed E-state index contributed by atoms with van der Waals surface area (Å²) in [4.78, 5) is 11.2. The molecule has 0 bridgehead atoms. The topological polar surface area (TPSA) is 26.3 Å². The zero-order chi connectivity index (χ0) is 10.5. The highest BCUT2D eigenvalue weighted by Crippen LogP contribution is 2.18. The predicted octanol–water partition coefficient (Wildman–Crippen LogP) is 2.93. The van der Waals surface area contributed by atoms with Gasteiger partial charge in [-0.3, -0.25) is 4.79 Å². The number of hydrogen-bond acceptors (Lipinski definition) is 2. The van der Waals surface area contributed by atoms with Gasteiger partial charge >= 0.3 is 5.97 Å². The fraction of sp³-hybridized carbons (Fsp3) is 0.727. The van der Waals surface area contributed by atoms with E-state index in [1.165, 1.54) is 0 Å². The third-order valence-corrected chi connectivity index (χ3v) is 1.47. The summed E-state index contributed by atoms with van der Waals surface area (Å²) in [7, 11) is 0. The second-order valence-corrected chi connectivity index (χ2v) is 4.67. The molecule has 0 aromatic heterocycles. The highest BCUT2D eigenvalue weighted by Gasteiger charge is 2.16. The number of hydrogen-bond donors (Lipinski definition) is 0. The molecule has 0 saturated carbocycles. The van der Waals surface area contributed by atoms with Crippen molar-refractivity contribution in [2.45, 2.75) is 40.5 Å². The highest BCUT2D eigenvalue weighted by molar-refractivity contribution is 5.70. The van der Waals surface area contributed by atoms with E-state index in [1.807, 2.05) is 27.7 Å². The minimum absolute atomic E-state index is 0.0142. The molecule has 0 atom stereocenters. The lowest BCUT2D eigenvalue weighted by atomic mass is 9.92. The molecule has 0 amide bonds. The minimum atomic E-state index is -0.117. The van der Waals surface area contributed by atoms with Crippen LogP contribution in [0, 0.1) is 5.41 Å². The smallest absolute Gasteiger partial charge is 0.306 e. The van der Waals surface area contributed by atoms with Crippen LogP contribution in [0.25, 0.3) is 0 Å². The number of carbonyl (C=O) groups is 1. The highest BCUT2D eigenvalue weighted by atomic mass is 16.5. The Hall–Kier alpha value is -0.790. The van der Waals surface area contributed by atoms with Gasteiger partial charge < -0.3 is 4.74 Å². The van der Waals surface area contributed by atoms with Crippen LogP contribution in [-0.4, -0.2) is 12.6 Å². The Labute approximate surface area is 81.0 Å². The van der Waals surface area contributed by atoms with Crippen LogP contribution in [0.1, 0.15) is 40.5 Å². The zero-order valence-corrected chi connectivity index (χ0v) is 9.14. The molecule has 2 heteroatoms. The van der Waals surface area contributed by atoms with Crippen molar-refractivity contribution in [1.29, 1.82) is 0 Å². The normalized spacial score (nSPS) is 11.1. The average molecular weight is 184 g/mol. The standard InChI is InChI=1S/C11H20O2/c1-9(2)6-7-13-10(12)8-11(3,4)5/h1,6-8H2,2-5H3. The second-order valence-electron chi connectivity index (χ2n) is 4.67. The molecule has 0 rings (SSSR count). The fourth-order valence-electron chi connectivity index (χ4n) is 0.823. The summed E-state index contributed by atoms with van der Waals surface area (Å²) in [6.45, 7) is 12.2. The Kier molecular flexibility index (Phi) is 4.74. The molecule has 0 heterocycles. The predicted molar refractivity (Wildman–Crippen MR) is 54.5 cm³/mol. The van der Waals surface area contributed by atoms with Gasteiger partial charge in [-0.25, -0.2) is 0 Å². The van der Waals surface area contributed by atoms with E-state index in [4.69, 9.17) is 4.74 Å². The van der Waals surface area contributed by atoms with Crippen molar-refractivity contribution in [3.63, 3.8) is 0 Å². The third kappa shape index (κ3) is 9.12. The Balaban J connectivity index is 3.59. The van der Waals surface area contributed by atoms with Gasteiger partial charge in [0.1, 0.15) is 0 Å². The van der Waals surface area contributed by atoms with Gasteiger partial charge in [0.05, 0.1) is 13.0 Å². The lowest BCUT2D eigenvalue weighted by molar-refractivity contribution is -0.145.